The van der Waals surface area contributed by atoms with E-state index in [9.17, 15) is 0 Å². The van der Waals surface area contributed by atoms with Crippen molar-refractivity contribution in [2.45, 2.75) is 24.3 Å². The van der Waals surface area contributed by atoms with Crippen LogP contribution in [-0.2, 0) is 0 Å². The van der Waals surface area contributed by atoms with Crippen LogP contribution in [0.25, 0.3) is 0 Å². The Balaban J connectivity index is 2.52. The van der Waals surface area contributed by atoms with E-state index in [4.69, 9.17) is 0 Å². The van der Waals surface area contributed by atoms with Gasteiger partial charge in [0.1, 0.15) is 0 Å². The predicted molar refractivity (Wildman–Crippen MR) is 52.2 cm³/mol. The first kappa shape index (κ1) is 9.26. The maximum absolute atomic E-state index is 4.12. The van der Waals surface area contributed by atoms with Crippen molar-refractivity contribution < 1.29 is 0 Å². The molecular weight excluding hydrogens is 168 g/mol. The third-order valence-electron chi connectivity index (χ3n) is 1.30. The predicted octanol–water partition coefficient (Wildman–Crippen LogP) is 2.53. The van der Waals surface area contributed by atoms with Crippen molar-refractivity contribution >= 4 is 11.8 Å². The molecule has 0 saturated carbocycles. The van der Waals surface area contributed by atoms with Crippen molar-refractivity contribution in [3.8, 4) is 0 Å². The summed E-state index contributed by atoms with van der Waals surface area (Å²) in [5.41, 5.74) is 0. The first-order valence-corrected chi connectivity index (χ1v) is 4.77. The number of hydrogen-bond acceptors (Lipinski definition) is 3. The second kappa shape index (κ2) is 4.93. The highest BCUT2D eigenvalue weighted by Gasteiger charge is 2.00. The average Bonchev–Trinajstić information content (AvgIpc) is 2.06. The van der Waals surface area contributed by atoms with Gasteiger partial charge in [0.05, 0.1) is 0 Å². The number of rotatable bonds is 3. The van der Waals surface area contributed by atoms with Crippen LogP contribution in [0, 0.1) is 0 Å². The molecule has 1 atom stereocenters. The summed E-state index contributed by atoms with van der Waals surface area (Å²) in [6.07, 6.45) is 7.69. The molecule has 0 amide bonds. The number of aromatic nitrogens is 2. The Hall–Kier alpha value is -0.830. The van der Waals surface area contributed by atoms with Gasteiger partial charge in [-0.25, -0.2) is 9.97 Å². The molecule has 1 heterocycles. The lowest BCUT2D eigenvalue weighted by Crippen LogP contribution is -1.92. The molecule has 2 nitrogen and oxygen atoms in total. The van der Waals surface area contributed by atoms with Crippen LogP contribution in [0.3, 0.4) is 0 Å². The van der Waals surface area contributed by atoms with Crippen LogP contribution < -0.4 is 0 Å². The summed E-state index contributed by atoms with van der Waals surface area (Å²) in [6, 6.07) is 1.82. The molecule has 0 aliphatic carbocycles. The zero-order chi connectivity index (χ0) is 8.81. The van der Waals surface area contributed by atoms with Crippen molar-refractivity contribution in [3.63, 3.8) is 0 Å². The van der Waals surface area contributed by atoms with Gasteiger partial charge in [0.25, 0.3) is 0 Å². The molecule has 1 aromatic heterocycles. The van der Waals surface area contributed by atoms with Crippen molar-refractivity contribution in [2.24, 2.45) is 0 Å². The quantitative estimate of drug-likeness (QED) is 0.406. The van der Waals surface area contributed by atoms with Crippen LogP contribution in [0.4, 0.5) is 0 Å². The minimum absolute atomic E-state index is 0.442. The van der Waals surface area contributed by atoms with Gasteiger partial charge in [0.15, 0.2) is 5.16 Å². The molecule has 0 radical (unpaired) electrons. The van der Waals surface area contributed by atoms with E-state index in [0.717, 1.165) is 5.16 Å². The Kier molecular flexibility index (Phi) is 3.80. The van der Waals surface area contributed by atoms with E-state index in [1.54, 1.807) is 24.2 Å². The molecule has 0 aromatic carbocycles. The lowest BCUT2D eigenvalue weighted by atomic mass is 10.4. The molecule has 3 heteroatoms. The third kappa shape index (κ3) is 3.05. The largest absolute Gasteiger partial charge is 0.231 e. The molecule has 0 N–H and O–H groups in total. The Morgan fingerprint density at radius 2 is 2.08 bits per heavy atom. The molecule has 0 aliphatic heterocycles. The maximum Gasteiger partial charge on any atom is 0.188 e. The average molecular weight is 180 g/mol. The summed E-state index contributed by atoms with van der Waals surface area (Å²) in [4.78, 5) is 8.24. The number of allylic oxidation sites excluding steroid dienone is 1. The third-order valence-corrected chi connectivity index (χ3v) is 2.25. The van der Waals surface area contributed by atoms with Gasteiger partial charge in [-0.2, -0.15) is 0 Å². The molecule has 1 aromatic rings. The standard InChI is InChI=1S/C9H12N2S/c1-3-5-8(2)12-9-10-6-4-7-11-9/h3-8H,1-2H3/t8-/m1/s1. The fraction of sp³-hybridized carbons (Fsp3) is 0.333. The summed E-state index contributed by atoms with van der Waals surface area (Å²) < 4.78 is 0. The van der Waals surface area contributed by atoms with Crippen molar-refractivity contribution in [3.05, 3.63) is 30.6 Å². The fourth-order valence-electron chi connectivity index (χ4n) is 0.823. The van der Waals surface area contributed by atoms with Crippen LogP contribution in [0.15, 0.2) is 35.8 Å². The Bertz CT molecular complexity index is 246. The molecule has 1 rings (SSSR count). The Morgan fingerprint density at radius 3 is 2.67 bits per heavy atom. The zero-order valence-corrected chi connectivity index (χ0v) is 8.08. The second-order valence-corrected chi connectivity index (χ2v) is 3.72. The van der Waals surface area contributed by atoms with E-state index >= 15 is 0 Å². The van der Waals surface area contributed by atoms with Crippen LogP contribution in [0.5, 0.6) is 0 Å². The second-order valence-electron chi connectivity index (χ2n) is 2.38. The van der Waals surface area contributed by atoms with Crippen LogP contribution in [0.1, 0.15) is 13.8 Å². The van der Waals surface area contributed by atoms with Crippen LogP contribution >= 0.6 is 11.8 Å². The number of hydrogen-bond donors (Lipinski definition) is 0. The fourth-order valence-corrected chi connectivity index (χ4v) is 1.63. The van der Waals surface area contributed by atoms with Gasteiger partial charge in [-0.3, -0.25) is 0 Å². The SMILES string of the molecule is CC=C[C@@H](C)Sc1ncccn1. The van der Waals surface area contributed by atoms with Gasteiger partial charge in [-0.1, -0.05) is 23.9 Å². The summed E-state index contributed by atoms with van der Waals surface area (Å²) in [5.74, 6) is 0. The Labute approximate surface area is 77.1 Å². The van der Waals surface area contributed by atoms with Crippen molar-refractivity contribution in [2.75, 3.05) is 0 Å². The molecule has 0 spiro atoms. The highest BCUT2D eigenvalue weighted by molar-refractivity contribution is 7.99. The molecule has 0 saturated heterocycles. The van der Waals surface area contributed by atoms with Gasteiger partial charge in [0, 0.05) is 17.6 Å². The first-order valence-electron chi connectivity index (χ1n) is 3.89. The Morgan fingerprint density at radius 1 is 1.42 bits per heavy atom. The van der Waals surface area contributed by atoms with Gasteiger partial charge < -0.3 is 0 Å². The van der Waals surface area contributed by atoms with E-state index in [1.807, 2.05) is 19.1 Å². The van der Waals surface area contributed by atoms with E-state index in [0.29, 0.717) is 5.25 Å². The normalized spacial score (nSPS) is 13.5. The van der Waals surface area contributed by atoms with E-state index in [2.05, 4.69) is 23.0 Å². The molecule has 0 fully saturated rings. The van der Waals surface area contributed by atoms with Crippen LogP contribution in [0.2, 0.25) is 0 Å². The number of nitrogens with zero attached hydrogens (tertiary/aromatic N) is 2. The summed E-state index contributed by atoms with van der Waals surface area (Å²) in [6.45, 7) is 4.14. The van der Waals surface area contributed by atoms with E-state index < -0.39 is 0 Å². The molecular formula is C9H12N2S. The topological polar surface area (TPSA) is 25.8 Å². The molecule has 12 heavy (non-hydrogen) atoms. The number of thioether (sulfide) groups is 1. The summed E-state index contributed by atoms with van der Waals surface area (Å²) in [7, 11) is 0. The monoisotopic (exact) mass is 180 g/mol. The minimum atomic E-state index is 0.442. The van der Waals surface area contributed by atoms with E-state index in [1.165, 1.54) is 0 Å². The lowest BCUT2D eigenvalue weighted by molar-refractivity contribution is 0.961. The summed E-state index contributed by atoms with van der Waals surface area (Å²) >= 11 is 1.66. The summed E-state index contributed by atoms with van der Waals surface area (Å²) in [5, 5.41) is 1.28. The van der Waals surface area contributed by atoms with Gasteiger partial charge in [0.2, 0.25) is 0 Å². The molecule has 0 bridgehead atoms. The van der Waals surface area contributed by atoms with Crippen molar-refractivity contribution in [1.29, 1.82) is 0 Å². The molecule has 0 aliphatic rings. The molecule has 64 valence electrons. The van der Waals surface area contributed by atoms with Gasteiger partial charge >= 0.3 is 0 Å². The lowest BCUT2D eigenvalue weighted by Gasteiger charge is -2.02. The maximum atomic E-state index is 4.12. The highest BCUT2D eigenvalue weighted by atomic mass is 32.2. The van der Waals surface area contributed by atoms with Crippen molar-refractivity contribution in [1.82, 2.24) is 9.97 Å². The highest BCUT2D eigenvalue weighted by Crippen LogP contribution is 2.18. The smallest absolute Gasteiger partial charge is 0.188 e. The van der Waals surface area contributed by atoms with Gasteiger partial charge in [-0.15, -0.1) is 0 Å². The van der Waals surface area contributed by atoms with E-state index in [-0.39, 0.29) is 0 Å². The molecule has 0 unspecified atom stereocenters. The minimum Gasteiger partial charge on any atom is -0.231 e. The first-order chi connectivity index (χ1) is 5.83. The van der Waals surface area contributed by atoms with Crippen LogP contribution in [-0.4, -0.2) is 15.2 Å². The zero-order valence-electron chi connectivity index (χ0n) is 7.27. The van der Waals surface area contributed by atoms with Gasteiger partial charge in [-0.05, 0) is 19.9 Å².